The Bertz CT molecular complexity index is 910. The minimum atomic E-state index is 0.149. The van der Waals surface area contributed by atoms with Gasteiger partial charge >= 0.3 is 0 Å². The molecule has 0 fully saturated rings. The fourth-order valence-corrected chi connectivity index (χ4v) is 4.17. The highest BCUT2D eigenvalue weighted by molar-refractivity contribution is 7.99. The minimum Gasteiger partial charge on any atom is -0.461 e. The fraction of sp³-hybridized carbons (Fsp3) is 0.143. The Balaban J connectivity index is 1.73. The molecule has 2 aromatic heterocycles. The lowest BCUT2D eigenvalue weighted by Crippen LogP contribution is -2.03. The molecule has 0 aliphatic carbocycles. The molecular formula is C21H19N3OS. The largest absolute Gasteiger partial charge is 0.461 e. The Morgan fingerprint density at radius 2 is 1.54 bits per heavy atom. The molecule has 0 saturated carbocycles. The number of benzene rings is 2. The SMILES string of the molecule is CCn1c(SC(c2ccccc2)c2ccccc2)nnc1-c1ccco1. The first kappa shape index (κ1) is 16.7. The van der Waals surface area contributed by atoms with Gasteiger partial charge in [0.15, 0.2) is 16.7 Å². The lowest BCUT2D eigenvalue weighted by molar-refractivity contribution is 0.567. The lowest BCUT2D eigenvalue weighted by atomic mass is 10.0. The van der Waals surface area contributed by atoms with Gasteiger partial charge in [-0.25, -0.2) is 0 Å². The van der Waals surface area contributed by atoms with Crippen molar-refractivity contribution >= 4 is 11.8 Å². The Kier molecular flexibility index (Phi) is 4.88. The Labute approximate surface area is 156 Å². The topological polar surface area (TPSA) is 43.9 Å². The van der Waals surface area contributed by atoms with Crippen LogP contribution >= 0.6 is 11.8 Å². The molecule has 4 rings (SSSR count). The van der Waals surface area contributed by atoms with Crippen LogP contribution in [0.1, 0.15) is 23.3 Å². The van der Waals surface area contributed by atoms with E-state index in [1.807, 2.05) is 24.3 Å². The number of aromatic nitrogens is 3. The molecule has 0 amide bonds. The highest BCUT2D eigenvalue weighted by atomic mass is 32.2. The zero-order chi connectivity index (χ0) is 17.8. The van der Waals surface area contributed by atoms with Crippen molar-refractivity contribution in [2.24, 2.45) is 0 Å². The summed E-state index contributed by atoms with van der Waals surface area (Å²) in [6, 6.07) is 24.8. The van der Waals surface area contributed by atoms with Crippen LogP contribution in [-0.2, 0) is 6.54 Å². The second kappa shape index (κ2) is 7.62. The van der Waals surface area contributed by atoms with Gasteiger partial charge in [-0.05, 0) is 30.2 Å². The Hall–Kier alpha value is -2.79. The maximum absolute atomic E-state index is 5.52. The van der Waals surface area contributed by atoms with Crippen molar-refractivity contribution in [2.75, 3.05) is 0 Å². The summed E-state index contributed by atoms with van der Waals surface area (Å²) in [5.74, 6) is 1.50. The van der Waals surface area contributed by atoms with Crippen LogP contribution in [0, 0.1) is 0 Å². The fourth-order valence-electron chi connectivity index (χ4n) is 2.94. The van der Waals surface area contributed by atoms with Crippen LogP contribution in [0.15, 0.2) is 88.6 Å². The summed E-state index contributed by atoms with van der Waals surface area (Å²) in [6.45, 7) is 2.88. The number of furan rings is 1. The summed E-state index contributed by atoms with van der Waals surface area (Å²) in [5.41, 5.74) is 2.49. The van der Waals surface area contributed by atoms with E-state index in [1.165, 1.54) is 11.1 Å². The molecular weight excluding hydrogens is 342 g/mol. The highest BCUT2D eigenvalue weighted by Gasteiger charge is 2.21. The van der Waals surface area contributed by atoms with Gasteiger partial charge in [0.1, 0.15) is 0 Å². The van der Waals surface area contributed by atoms with E-state index in [4.69, 9.17) is 4.42 Å². The highest BCUT2D eigenvalue weighted by Crippen LogP contribution is 2.40. The second-order valence-corrected chi connectivity index (χ2v) is 6.92. The molecule has 0 N–H and O–H groups in total. The first-order chi connectivity index (χ1) is 12.9. The predicted molar refractivity (Wildman–Crippen MR) is 104 cm³/mol. The third-order valence-electron chi connectivity index (χ3n) is 4.20. The normalized spacial score (nSPS) is 11.2. The van der Waals surface area contributed by atoms with Crippen molar-refractivity contribution in [3.05, 3.63) is 90.2 Å². The first-order valence-electron chi connectivity index (χ1n) is 8.60. The third-order valence-corrected chi connectivity index (χ3v) is 5.50. The Morgan fingerprint density at radius 3 is 2.08 bits per heavy atom. The summed E-state index contributed by atoms with van der Waals surface area (Å²) in [6.07, 6.45) is 1.66. The van der Waals surface area contributed by atoms with Crippen molar-refractivity contribution in [2.45, 2.75) is 23.9 Å². The molecule has 0 aliphatic heterocycles. The lowest BCUT2D eigenvalue weighted by Gasteiger charge is -2.17. The maximum atomic E-state index is 5.52. The van der Waals surface area contributed by atoms with Crippen LogP contribution in [0.25, 0.3) is 11.6 Å². The molecule has 0 aliphatic rings. The van der Waals surface area contributed by atoms with Crippen LogP contribution < -0.4 is 0 Å². The number of thioether (sulfide) groups is 1. The van der Waals surface area contributed by atoms with Gasteiger partial charge in [-0.3, -0.25) is 4.57 Å². The number of hydrogen-bond acceptors (Lipinski definition) is 4. The molecule has 26 heavy (non-hydrogen) atoms. The van der Waals surface area contributed by atoms with E-state index in [9.17, 15) is 0 Å². The van der Waals surface area contributed by atoms with E-state index in [0.717, 1.165) is 23.3 Å². The quantitative estimate of drug-likeness (QED) is 0.429. The summed E-state index contributed by atoms with van der Waals surface area (Å²) < 4.78 is 7.62. The standard InChI is InChI=1S/C21H19N3OS/c1-2-24-20(18-14-9-15-25-18)22-23-21(24)26-19(16-10-5-3-6-11-16)17-12-7-4-8-13-17/h3-15,19H,2H2,1H3. The molecule has 0 saturated heterocycles. The van der Waals surface area contributed by atoms with E-state index in [2.05, 4.69) is 70.2 Å². The molecule has 0 unspecified atom stereocenters. The van der Waals surface area contributed by atoms with Gasteiger partial charge in [0.25, 0.3) is 0 Å². The monoisotopic (exact) mass is 361 g/mol. The van der Waals surface area contributed by atoms with E-state index >= 15 is 0 Å². The number of rotatable bonds is 6. The van der Waals surface area contributed by atoms with Crippen molar-refractivity contribution in [3.8, 4) is 11.6 Å². The summed E-state index contributed by atoms with van der Waals surface area (Å²) in [4.78, 5) is 0. The number of nitrogens with zero attached hydrogens (tertiary/aromatic N) is 3. The van der Waals surface area contributed by atoms with Gasteiger partial charge in [-0.1, -0.05) is 72.4 Å². The molecule has 4 nitrogen and oxygen atoms in total. The molecule has 0 atom stereocenters. The van der Waals surface area contributed by atoms with Crippen molar-refractivity contribution < 1.29 is 4.42 Å². The van der Waals surface area contributed by atoms with Crippen molar-refractivity contribution in [1.82, 2.24) is 14.8 Å². The van der Waals surface area contributed by atoms with Gasteiger partial charge in [-0.2, -0.15) is 0 Å². The molecule has 0 radical (unpaired) electrons. The summed E-state index contributed by atoms with van der Waals surface area (Å²) in [7, 11) is 0. The summed E-state index contributed by atoms with van der Waals surface area (Å²) >= 11 is 1.71. The zero-order valence-corrected chi connectivity index (χ0v) is 15.3. The van der Waals surface area contributed by atoms with Gasteiger partial charge in [0.2, 0.25) is 0 Å². The predicted octanol–water partition coefficient (Wildman–Crippen LogP) is 5.44. The van der Waals surface area contributed by atoms with Crippen LogP contribution in [0.4, 0.5) is 0 Å². The smallest absolute Gasteiger partial charge is 0.200 e. The Morgan fingerprint density at radius 1 is 0.885 bits per heavy atom. The van der Waals surface area contributed by atoms with Crippen LogP contribution in [0.3, 0.4) is 0 Å². The van der Waals surface area contributed by atoms with Crippen LogP contribution in [0.2, 0.25) is 0 Å². The van der Waals surface area contributed by atoms with Crippen molar-refractivity contribution in [3.63, 3.8) is 0 Å². The second-order valence-electron chi connectivity index (χ2n) is 5.85. The first-order valence-corrected chi connectivity index (χ1v) is 9.48. The minimum absolute atomic E-state index is 0.149. The van der Waals surface area contributed by atoms with E-state index in [1.54, 1.807) is 18.0 Å². The average molecular weight is 361 g/mol. The molecule has 0 spiro atoms. The van der Waals surface area contributed by atoms with Gasteiger partial charge in [0.05, 0.1) is 11.5 Å². The molecule has 2 aromatic carbocycles. The van der Waals surface area contributed by atoms with Gasteiger partial charge < -0.3 is 4.42 Å². The van der Waals surface area contributed by atoms with Crippen LogP contribution in [0.5, 0.6) is 0 Å². The molecule has 130 valence electrons. The summed E-state index contributed by atoms with van der Waals surface area (Å²) in [5, 5.41) is 9.85. The van der Waals surface area contributed by atoms with E-state index in [0.29, 0.717) is 0 Å². The van der Waals surface area contributed by atoms with Gasteiger partial charge in [0, 0.05) is 6.54 Å². The zero-order valence-electron chi connectivity index (χ0n) is 14.4. The van der Waals surface area contributed by atoms with E-state index in [-0.39, 0.29) is 5.25 Å². The third kappa shape index (κ3) is 3.30. The molecule has 5 heteroatoms. The maximum Gasteiger partial charge on any atom is 0.200 e. The molecule has 2 heterocycles. The molecule has 0 bridgehead atoms. The molecule has 4 aromatic rings. The van der Waals surface area contributed by atoms with E-state index < -0.39 is 0 Å². The number of hydrogen-bond donors (Lipinski definition) is 0. The van der Waals surface area contributed by atoms with Crippen LogP contribution in [-0.4, -0.2) is 14.8 Å². The average Bonchev–Trinajstić information content (AvgIpc) is 3.36. The van der Waals surface area contributed by atoms with Crippen molar-refractivity contribution in [1.29, 1.82) is 0 Å². The van der Waals surface area contributed by atoms with Gasteiger partial charge in [-0.15, -0.1) is 10.2 Å².